The van der Waals surface area contributed by atoms with E-state index in [1.54, 1.807) is 6.92 Å². The zero-order valence-electron chi connectivity index (χ0n) is 7.23. The van der Waals surface area contributed by atoms with Gasteiger partial charge in [-0.25, -0.2) is 4.98 Å². The summed E-state index contributed by atoms with van der Waals surface area (Å²) in [7, 11) is 0. The number of aryl methyl sites for hydroxylation is 1. The lowest BCUT2D eigenvalue weighted by Crippen LogP contribution is -2.02. The highest BCUT2D eigenvalue weighted by molar-refractivity contribution is 5.66. The number of carbonyl (C=O) groups is 1. The fourth-order valence-corrected chi connectivity index (χ4v) is 1.02. The second-order valence-electron chi connectivity index (χ2n) is 2.75. The molecule has 0 aromatic carbocycles. The van der Waals surface area contributed by atoms with Gasteiger partial charge >= 0.3 is 5.97 Å². The van der Waals surface area contributed by atoms with Gasteiger partial charge in [0.15, 0.2) is 12.2 Å². The highest BCUT2D eigenvalue weighted by Crippen LogP contribution is 2.20. The zero-order chi connectivity index (χ0) is 9.84. The first-order valence-corrected chi connectivity index (χ1v) is 3.91. The number of hydrogen-bond acceptors (Lipinski definition) is 4. The van der Waals surface area contributed by atoms with E-state index in [1.165, 1.54) is 6.39 Å². The van der Waals surface area contributed by atoms with Crippen molar-refractivity contribution in [2.45, 2.75) is 25.9 Å². The molecule has 5 nitrogen and oxygen atoms in total. The molecule has 13 heavy (non-hydrogen) atoms. The van der Waals surface area contributed by atoms with E-state index in [9.17, 15) is 9.90 Å². The van der Waals surface area contributed by atoms with Crippen molar-refractivity contribution in [3.05, 3.63) is 17.8 Å². The molecule has 1 atom stereocenters. The number of carboxylic acid groups (broad SMARTS) is 1. The van der Waals surface area contributed by atoms with Crippen LogP contribution in [0.5, 0.6) is 0 Å². The standard InChI is InChI=1S/C8H11NO4/c1-5-8(13-4-9-5)6(10)2-3-7(11)12/h4,6,10H,2-3H2,1H3,(H,11,12). The van der Waals surface area contributed by atoms with E-state index in [1.807, 2.05) is 0 Å². The van der Waals surface area contributed by atoms with Gasteiger partial charge in [-0.05, 0) is 13.3 Å². The van der Waals surface area contributed by atoms with Crippen LogP contribution >= 0.6 is 0 Å². The van der Waals surface area contributed by atoms with Crippen LogP contribution in [-0.4, -0.2) is 21.2 Å². The Morgan fingerprint density at radius 2 is 2.46 bits per heavy atom. The molecule has 0 aliphatic carbocycles. The minimum absolute atomic E-state index is 0.0820. The molecule has 0 spiro atoms. The molecule has 0 saturated heterocycles. The van der Waals surface area contributed by atoms with Crippen molar-refractivity contribution in [1.82, 2.24) is 4.98 Å². The third kappa shape index (κ3) is 2.55. The lowest BCUT2D eigenvalue weighted by atomic mass is 10.1. The van der Waals surface area contributed by atoms with Crippen molar-refractivity contribution in [3.63, 3.8) is 0 Å². The highest BCUT2D eigenvalue weighted by atomic mass is 16.4. The van der Waals surface area contributed by atoms with Crippen LogP contribution in [0.4, 0.5) is 0 Å². The van der Waals surface area contributed by atoms with Crippen LogP contribution in [0.25, 0.3) is 0 Å². The van der Waals surface area contributed by atoms with Crippen LogP contribution in [0.15, 0.2) is 10.8 Å². The number of aliphatic hydroxyl groups is 1. The number of aromatic nitrogens is 1. The molecule has 0 aliphatic heterocycles. The van der Waals surface area contributed by atoms with Crippen LogP contribution in [-0.2, 0) is 4.79 Å². The van der Waals surface area contributed by atoms with Crippen LogP contribution in [0.1, 0.15) is 30.4 Å². The van der Waals surface area contributed by atoms with Crippen LogP contribution in [0.3, 0.4) is 0 Å². The summed E-state index contributed by atoms with van der Waals surface area (Å²) in [5, 5.41) is 17.8. The van der Waals surface area contributed by atoms with Crippen molar-refractivity contribution in [2.75, 3.05) is 0 Å². The molecule has 5 heteroatoms. The first-order valence-electron chi connectivity index (χ1n) is 3.91. The summed E-state index contributed by atoms with van der Waals surface area (Å²) in [5.41, 5.74) is 0.595. The zero-order valence-corrected chi connectivity index (χ0v) is 7.23. The van der Waals surface area contributed by atoms with Crippen molar-refractivity contribution in [2.24, 2.45) is 0 Å². The van der Waals surface area contributed by atoms with E-state index < -0.39 is 12.1 Å². The summed E-state index contributed by atoms with van der Waals surface area (Å²) < 4.78 is 4.90. The smallest absolute Gasteiger partial charge is 0.303 e. The highest BCUT2D eigenvalue weighted by Gasteiger charge is 2.15. The summed E-state index contributed by atoms with van der Waals surface area (Å²) in [5.74, 6) is -0.586. The van der Waals surface area contributed by atoms with Crippen molar-refractivity contribution < 1.29 is 19.4 Å². The monoisotopic (exact) mass is 185 g/mol. The maximum Gasteiger partial charge on any atom is 0.303 e. The predicted molar refractivity (Wildman–Crippen MR) is 43.1 cm³/mol. The van der Waals surface area contributed by atoms with Gasteiger partial charge in [0, 0.05) is 6.42 Å². The number of rotatable bonds is 4. The normalized spacial score (nSPS) is 12.8. The Labute approximate surface area is 75.0 Å². The third-order valence-corrected chi connectivity index (χ3v) is 1.72. The molecule has 0 amide bonds. The molecule has 0 aliphatic rings. The summed E-state index contributed by atoms with van der Waals surface area (Å²) in [6, 6.07) is 0. The first kappa shape index (κ1) is 9.73. The van der Waals surface area contributed by atoms with Gasteiger partial charge in [0.2, 0.25) is 0 Å². The van der Waals surface area contributed by atoms with Gasteiger partial charge < -0.3 is 14.6 Å². The lowest BCUT2D eigenvalue weighted by molar-refractivity contribution is -0.137. The average Bonchev–Trinajstić information content (AvgIpc) is 2.47. The molecule has 0 radical (unpaired) electrons. The van der Waals surface area contributed by atoms with Crippen LogP contribution in [0.2, 0.25) is 0 Å². The number of carboxylic acids is 1. The van der Waals surface area contributed by atoms with Crippen LogP contribution in [0, 0.1) is 6.92 Å². The SMILES string of the molecule is Cc1ncoc1C(O)CCC(=O)O. The Bertz CT molecular complexity index is 294. The van der Waals surface area contributed by atoms with Crippen LogP contribution < -0.4 is 0 Å². The summed E-state index contributed by atoms with van der Waals surface area (Å²) in [6.07, 6.45) is 0.417. The maximum absolute atomic E-state index is 10.2. The third-order valence-electron chi connectivity index (χ3n) is 1.72. The molecular formula is C8H11NO4. The minimum atomic E-state index is -0.934. The van der Waals surface area contributed by atoms with E-state index in [4.69, 9.17) is 9.52 Å². The number of hydrogen-bond donors (Lipinski definition) is 2. The van der Waals surface area contributed by atoms with E-state index in [2.05, 4.69) is 4.98 Å². The fraction of sp³-hybridized carbons (Fsp3) is 0.500. The Kier molecular flexibility index (Phi) is 3.02. The fourth-order valence-electron chi connectivity index (χ4n) is 1.02. The van der Waals surface area contributed by atoms with E-state index in [0.717, 1.165) is 0 Å². The quantitative estimate of drug-likeness (QED) is 0.727. The van der Waals surface area contributed by atoms with E-state index in [0.29, 0.717) is 11.5 Å². The molecule has 1 unspecified atom stereocenters. The predicted octanol–water partition coefficient (Wildman–Crippen LogP) is 0.881. The summed E-state index contributed by atoms with van der Waals surface area (Å²) in [4.78, 5) is 14.0. The van der Waals surface area contributed by atoms with Gasteiger partial charge in [0.1, 0.15) is 6.10 Å². The van der Waals surface area contributed by atoms with Crippen molar-refractivity contribution >= 4 is 5.97 Å². The Balaban J connectivity index is 2.53. The van der Waals surface area contributed by atoms with E-state index >= 15 is 0 Å². The van der Waals surface area contributed by atoms with Gasteiger partial charge in [0.05, 0.1) is 5.69 Å². The second-order valence-corrected chi connectivity index (χ2v) is 2.75. The molecule has 2 N–H and O–H groups in total. The first-order chi connectivity index (χ1) is 6.11. The topological polar surface area (TPSA) is 83.6 Å². The van der Waals surface area contributed by atoms with Crippen molar-refractivity contribution in [1.29, 1.82) is 0 Å². The Hall–Kier alpha value is -1.36. The minimum Gasteiger partial charge on any atom is -0.481 e. The molecule has 0 saturated carbocycles. The number of oxazole rings is 1. The molecule has 0 fully saturated rings. The van der Waals surface area contributed by atoms with Gasteiger partial charge in [-0.1, -0.05) is 0 Å². The maximum atomic E-state index is 10.2. The number of aliphatic hydroxyl groups excluding tert-OH is 1. The van der Waals surface area contributed by atoms with Gasteiger partial charge in [-0.15, -0.1) is 0 Å². The second kappa shape index (κ2) is 4.04. The van der Waals surface area contributed by atoms with Gasteiger partial charge in [-0.3, -0.25) is 4.79 Å². The molecule has 1 aromatic heterocycles. The molecule has 0 bridgehead atoms. The number of nitrogens with zero attached hydrogens (tertiary/aromatic N) is 1. The largest absolute Gasteiger partial charge is 0.481 e. The Morgan fingerprint density at radius 1 is 1.77 bits per heavy atom. The van der Waals surface area contributed by atoms with Crippen molar-refractivity contribution in [3.8, 4) is 0 Å². The number of aliphatic carboxylic acids is 1. The van der Waals surface area contributed by atoms with E-state index in [-0.39, 0.29) is 12.8 Å². The summed E-state index contributed by atoms with van der Waals surface area (Å²) >= 11 is 0. The molecular weight excluding hydrogens is 174 g/mol. The van der Waals surface area contributed by atoms with Gasteiger partial charge in [0.25, 0.3) is 0 Å². The average molecular weight is 185 g/mol. The Morgan fingerprint density at radius 3 is 2.92 bits per heavy atom. The summed E-state index contributed by atoms with van der Waals surface area (Å²) in [6.45, 7) is 1.70. The molecule has 72 valence electrons. The molecule has 1 rings (SSSR count). The molecule has 1 heterocycles. The van der Waals surface area contributed by atoms with Gasteiger partial charge in [-0.2, -0.15) is 0 Å². The lowest BCUT2D eigenvalue weighted by Gasteiger charge is -2.05. The molecule has 1 aromatic rings.